The van der Waals surface area contributed by atoms with Crippen molar-refractivity contribution in [1.29, 1.82) is 0 Å². The standard InChI is InChI=1S/C17H27NO2/c1-6-18-15(16-12(3)9-10-20-16)14-8-7-11(2)13(4)17(14)19-5/h7-8,12,15-16,18H,6,9-10H2,1-5H3. The van der Waals surface area contributed by atoms with Crippen LogP contribution in [-0.2, 0) is 4.74 Å². The van der Waals surface area contributed by atoms with Gasteiger partial charge in [-0.2, -0.15) is 0 Å². The molecule has 112 valence electrons. The zero-order chi connectivity index (χ0) is 14.7. The van der Waals surface area contributed by atoms with Gasteiger partial charge in [0, 0.05) is 12.2 Å². The molecule has 0 aromatic heterocycles. The Morgan fingerprint density at radius 3 is 2.70 bits per heavy atom. The van der Waals surface area contributed by atoms with E-state index in [1.807, 2.05) is 0 Å². The quantitative estimate of drug-likeness (QED) is 0.895. The van der Waals surface area contributed by atoms with Gasteiger partial charge in [0.15, 0.2) is 0 Å². The number of aryl methyl sites for hydroxylation is 1. The first kappa shape index (κ1) is 15.3. The van der Waals surface area contributed by atoms with E-state index in [1.165, 1.54) is 16.7 Å². The highest BCUT2D eigenvalue weighted by Gasteiger charge is 2.34. The largest absolute Gasteiger partial charge is 0.496 e. The number of hydrogen-bond acceptors (Lipinski definition) is 3. The summed E-state index contributed by atoms with van der Waals surface area (Å²) in [6.07, 6.45) is 1.37. The Labute approximate surface area is 122 Å². The smallest absolute Gasteiger partial charge is 0.126 e. The summed E-state index contributed by atoms with van der Waals surface area (Å²) in [6.45, 7) is 10.4. The number of nitrogens with one attached hydrogen (secondary N) is 1. The fourth-order valence-corrected chi connectivity index (χ4v) is 3.09. The van der Waals surface area contributed by atoms with Gasteiger partial charge in [-0.1, -0.05) is 26.0 Å². The van der Waals surface area contributed by atoms with Crippen LogP contribution in [0.1, 0.15) is 43.0 Å². The first-order valence-electron chi connectivity index (χ1n) is 7.59. The number of likely N-dealkylation sites (N-methyl/N-ethyl adjacent to an activating group) is 1. The zero-order valence-corrected chi connectivity index (χ0v) is 13.3. The second-order valence-corrected chi connectivity index (χ2v) is 5.77. The van der Waals surface area contributed by atoms with Gasteiger partial charge in [-0.15, -0.1) is 0 Å². The molecule has 1 fully saturated rings. The summed E-state index contributed by atoms with van der Waals surface area (Å²) in [5.74, 6) is 1.57. The maximum atomic E-state index is 5.99. The molecule has 1 aromatic rings. The zero-order valence-electron chi connectivity index (χ0n) is 13.3. The van der Waals surface area contributed by atoms with Gasteiger partial charge in [0.05, 0.1) is 19.3 Å². The minimum Gasteiger partial charge on any atom is -0.496 e. The van der Waals surface area contributed by atoms with E-state index in [2.05, 4.69) is 45.1 Å². The summed E-state index contributed by atoms with van der Waals surface area (Å²) in [5.41, 5.74) is 3.70. The molecule has 1 aliphatic heterocycles. The molecule has 3 atom stereocenters. The van der Waals surface area contributed by atoms with E-state index in [-0.39, 0.29) is 12.1 Å². The summed E-state index contributed by atoms with van der Waals surface area (Å²) >= 11 is 0. The van der Waals surface area contributed by atoms with E-state index in [0.29, 0.717) is 5.92 Å². The average molecular weight is 277 g/mol. The highest BCUT2D eigenvalue weighted by Crippen LogP contribution is 2.37. The van der Waals surface area contributed by atoms with Crippen molar-refractivity contribution in [2.45, 2.75) is 46.3 Å². The van der Waals surface area contributed by atoms with E-state index < -0.39 is 0 Å². The second-order valence-electron chi connectivity index (χ2n) is 5.77. The predicted molar refractivity (Wildman–Crippen MR) is 82.4 cm³/mol. The van der Waals surface area contributed by atoms with Gasteiger partial charge in [-0.05, 0) is 43.9 Å². The maximum Gasteiger partial charge on any atom is 0.126 e. The average Bonchev–Trinajstić information content (AvgIpc) is 2.85. The monoisotopic (exact) mass is 277 g/mol. The van der Waals surface area contributed by atoms with Crippen LogP contribution in [0.5, 0.6) is 5.75 Å². The fourth-order valence-electron chi connectivity index (χ4n) is 3.09. The SMILES string of the molecule is CCNC(c1ccc(C)c(C)c1OC)C1OCCC1C. The number of hydrogen-bond donors (Lipinski definition) is 1. The second kappa shape index (κ2) is 6.59. The summed E-state index contributed by atoms with van der Waals surface area (Å²) in [4.78, 5) is 0. The van der Waals surface area contributed by atoms with Crippen molar-refractivity contribution in [2.24, 2.45) is 5.92 Å². The normalized spacial score (nSPS) is 23.9. The molecular weight excluding hydrogens is 250 g/mol. The fraction of sp³-hybridized carbons (Fsp3) is 0.647. The van der Waals surface area contributed by atoms with E-state index in [4.69, 9.17) is 9.47 Å². The van der Waals surface area contributed by atoms with Crippen LogP contribution in [0.3, 0.4) is 0 Å². The van der Waals surface area contributed by atoms with E-state index in [9.17, 15) is 0 Å². The third kappa shape index (κ3) is 2.84. The van der Waals surface area contributed by atoms with E-state index >= 15 is 0 Å². The molecule has 0 amide bonds. The third-order valence-corrected chi connectivity index (χ3v) is 4.44. The highest BCUT2D eigenvalue weighted by atomic mass is 16.5. The van der Waals surface area contributed by atoms with Crippen molar-refractivity contribution in [3.8, 4) is 5.75 Å². The van der Waals surface area contributed by atoms with Crippen molar-refractivity contribution >= 4 is 0 Å². The molecule has 0 spiro atoms. The van der Waals surface area contributed by atoms with Crippen LogP contribution in [0.15, 0.2) is 12.1 Å². The summed E-state index contributed by atoms with van der Waals surface area (Å²) < 4.78 is 11.7. The van der Waals surface area contributed by atoms with E-state index in [1.54, 1.807) is 7.11 Å². The van der Waals surface area contributed by atoms with Crippen LogP contribution >= 0.6 is 0 Å². The molecule has 1 heterocycles. The van der Waals surface area contributed by atoms with Crippen LogP contribution in [0, 0.1) is 19.8 Å². The van der Waals surface area contributed by atoms with Crippen molar-refractivity contribution in [2.75, 3.05) is 20.3 Å². The lowest BCUT2D eigenvalue weighted by atomic mass is 9.90. The van der Waals surface area contributed by atoms with Gasteiger partial charge < -0.3 is 14.8 Å². The van der Waals surface area contributed by atoms with Crippen molar-refractivity contribution < 1.29 is 9.47 Å². The molecule has 0 bridgehead atoms. The van der Waals surface area contributed by atoms with Crippen molar-refractivity contribution in [3.63, 3.8) is 0 Å². The Bertz CT molecular complexity index is 459. The molecule has 2 rings (SSSR count). The van der Waals surface area contributed by atoms with Gasteiger partial charge in [0.2, 0.25) is 0 Å². The molecule has 3 heteroatoms. The van der Waals surface area contributed by atoms with Crippen molar-refractivity contribution in [3.05, 3.63) is 28.8 Å². The maximum absolute atomic E-state index is 5.99. The van der Waals surface area contributed by atoms with Crippen LogP contribution in [0.2, 0.25) is 0 Å². The molecule has 1 N–H and O–H groups in total. The Morgan fingerprint density at radius 1 is 1.40 bits per heavy atom. The number of methoxy groups -OCH3 is 1. The summed E-state index contributed by atoms with van der Waals surface area (Å²) in [6, 6.07) is 4.56. The number of rotatable bonds is 5. The Balaban J connectivity index is 2.41. The number of ether oxygens (including phenoxy) is 2. The molecule has 0 aliphatic carbocycles. The van der Waals surface area contributed by atoms with Crippen LogP contribution in [-0.4, -0.2) is 26.4 Å². The van der Waals surface area contributed by atoms with Crippen LogP contribution < -0.4 is 10.1 Å². The van der Waals surface area contributed by atoms with Gasteiger partial charge >= 0.3 is 0 Å². The first-order valence-corrected chi connectivity index (χ1v) is 7.59. The molecule has 1 aromatic carbocycles. The highest BCUT2D eigenvalue weighted by molar-refractivity contribution is 5.47. The minimum atomic E-state index is 0.201. The molecule has 0 saturated carbocycles. The van der Waals surface area contributed by atoms with Crippen LogP contribution in [0.4, 0.5) is 0 Å². The minimum absolute atomic E-state index is 0.201. The van der Waals surface area contributed by atoms with Crippen LogP contribution in [0.25, 0.3) is 0 Å². The lowest BCUT2D eigenvalue weighted by Gasteiger charge is -2.29. The molecule has 20 heavy (non-hydrogen) atoms. The van der Waals surface area contributed by atoms with E-state index in [0.717, 1.165) is 25.3 Å². The summed E-state index contributed by atoms with van der Waals surface area (Å²) in [5, 5.41) is 3.59. The van der Waals surface area contributed by atoms with Gasteiger partial charge in [0.25, 0.3) is 0 Å². The Morgan fingerprint density at radius 2 is 2.15 bits per heavy atom. The van der Waals surface area contributed by atoms with Gasteiger partial charge in [-0.25, -0.2) is 0 Å². The lowest BCUT2D eigenvalue weighted by Crippen LogP contribution is -2.35. The molecular formula is C17H27NO2. The number of benzene rings is 1. The molecule has 3 unspecified atom stereocenters. The third-order valence-electron chi connectivity index (χ3n) is 4.44. The Hall–Kier alpha value is -1.06. The molecule has 0 radical (unpaired) electrons. The predicted octanol–water partition coefficient (Wildman–Crippen LogP) is 3.39. The van der Waals surface area contributed by atoms with Gasteiger partial charge in [0.1, 0.15) is 5.75 Å². The first-order chi connectivity index (χ1) is 9.60. The van der Waals surface area contributed by atoms with Gasteiger partial charge in [-0.3, -0.25) is 0 Å². The topological polar surface area (TPSA) is 30.5 Å². The summed E-state index contributed by atoms with van der Waals surface area (Å²) in [7, 11) is 1.76. The lowest BCUT2D eigenvalue weighted by molar-refractivity contribution is 0.0604. The molecule has 1 saturated heterocycles. The molecule has 1 aliphatic rings. The molecule has 3 nitrogen and oxygen atoms in total. The Kier molecular flexibility index (Phi) is 5.06. The van der Waals surface area contributed by atoms with Crippen molar-refractivity contribution in [1.82, 2.24) is 5.32 Å².